The lowest BCUT2D eigenvalue weighted by atomic mass is 10.3. The molecule has 0 saturated carbocycles. The lowest BCUT2D eigenvalue weighted by Crippen LogP contribution is -1.84. The van der Waals surface area contributed by atoms with E-state index in [1.54, 1.807) is 12.1 Å². The molecule has 0 fully saturated rings. The van der Waals surface area contributed by atoms with Gasteiger partial charge in [0.15, 0.2) is 0 Å². The Labute approximate surface area is 63.4 Å². The van der Waals surface area contributed by atoms with Gasteiger partial charge in [0.2, 0.25) is 0 Å². The molecular weight excluding hydrogens is 157 g/mol. The van der Waals surface area contributed by atoms with Gasteiger partial charge in [0, 0.05) is 11.1 Å². The van der Waals surface area contributed by atoms with Gasteiger partial charge in [-0.3, -0.25) is 0 Å². The topological polar surface area (TPSA) is 26.0 Å². The monoisotopic (exact) mass is 160 g/mol. The minimum absolute atomic E-state index is 0.432. The fourth-order valence-electron chi connectivity index (χ4n) is 0.456. The first-order valence-electron chi connectivity index (χ1n) is 2.32. The third kappa shape index (κ3) is 1.50. The molecule has 0 aliphatic rings. The number of nitrogens with two attached hydrogens (primary N) is 1. The molecule has 0 amide bonds. The smallest absolute Gasteiger partial charge is 0.0656 e. The second kappa shape index (κ2) is 2.46. The second-order valence-electron chi connectivity index (χ2n) is 1.58. The Morgan fingerprint density at radius 2 is 2.11 bits per heavy atom. The van der Waals surface area contributed by atoms with Crippen molar-refractivity contribution in [3.05, 3.63) is 28.2 Å². The van der Waals surface area contributed by atoms with E-state index in [0.29, 0.717) is 15.7 Å². The van der Waals surface area contributed by atoms with E-state index in [1.165, 1.54) is 0 Å². The zero-order chi connectivity index (χ0) is 6.85. The molecule has 0 aliphatic heterocycles. The van der Waals surface area contributed by atoms with Crippen LogP contribution in [0.2, 0.25) is 10.0 Å². The maximum absolute atomic E-state index is 5.57. The Hall–Kier alpha value is -0.400. The first-order valence-corrected chi connectivity index (χ1v) is 3.08. The van der Waals surface area contributed by atoms with Crippen LogP contribution in [-0.4, -0.2) is 0 Å². The number of hydrogen-bond acceptors (Lipinski definition) is 1. The summed E-state index contributed by atoms with van der Waals surface area (Å²) in [5.74, 6) is 0. The molecule has 1 rings (SSSR count). The van der Waals surface area contributed by atoms with Gasteiger partial charge < -0.3 is 5.73 Å². The highest BCUT2D eigenvalue weighted by molar-refractivity contribution is 6.36. The van der Waals surface area contributed by atoms with Gasteiger partial charge in [0.05, 0.1) is 10.7 Å². The van der Waals surface area contributed by atoms with Crippen molar-refractivity contribution in [3.8, 4) is 0 Å². The fourth-order valence-corrected chi connectivity index (χ4v) is 0.848. The van der Waals surface area contributed by atoms with Crippen LogP contribution in [0.3, 0.4) is 0 Å². The highest BCUT2D eigenvalue weighted by Crippen LogP contribution is 2.21. The van der Waals surface area contributed by atoms with Crippen LogP contribution in [-0.2, 0) is 0 Å². The summed E-state index contributed by atoms with van der Waals surface area (Å²) in [5.41, 5.74) is 5.77. The van der Waals surface area contributed by atoms with Crippen molar-refractivity contribution in [2.24, 2.45) is 0 Å². The summed E-state index contributed by atoms with van der Waals surface area (Å²) in [6.45, 7) is 0. The van der Waals surface area contributed by atoms with Crippen molar-refractivity contribution >= 4 is 28.9 Å². The van der Waals surface area contributed by atoms with Crippen LogP contribution in [0.1, 0.15) is 0 Å². The fraction of sp³-hybridized carbons (Fsp3) is 0. The van der Waals surface area contributed by atoms with Crippen LogP contribution in [0.4, 0.5) is 5.69 Å². The molecule has 47 valence electrons. The van der Waals surface area contributed by atoms with E-state index < -0.39 is 0 Å². The summed E-state index contributed by atoms with van der Waals surface area (Å²) in [7, 11) is 0. The van der Waals surface area contributed by atoms with E-state index in [9.17, 15) is 0 Å². The average molecular weight is 161 g/mol. The van der Waals surface area contributed by atoms with E-state index in [4.69, 9.17) is 28.9 Å². The molecule has 2 N–H and O–H groups in total. The summed E-state index contributed by atoms with van der Waals surface area (Å²) in [6, 6.07) is 5.83. The molecule has 0 atom stereocenters. The zero-order valence-corrected chi connectivity index (χ0v) is 6.00. The molecule has 0 aromatic heterocycles. The summed E-state index contributed by atoms with van der Waals surface area (Å²) in [4.78, 5) is 0. The van der Waals surface area contributed by atoms with Crippen LogP contribution in [0.15, 0.2) is 12.1 Å². The SMILES string of the molecule is Nc1[c]cc(Cl)cc1Cl. The molecule has 0 spiro atoms. The number of rotatable bonds is 0. The second-order valence-corrected chi connectivity index (χ2v) is 2.42. The van der Waals surface area contributed by atoms with Crippen LogP contribution >= 0.6 is 23.2 Å². The van der Waals surface area contributed by atoms with Crippen molar-refractivity contribution in [1.82, 2.24) is 0 Å². The standard InChI is InChI=1S/C6H4Cl2N/c7-4-1-2-6(9)5(8)3-4/h1,3H,9H2. The van der Waals surface area contributed by atoms with E-state index in [2.05, 4.69) is 6.07 Å². The highest BCUT2D eigenvalue weighted by atomic mass is 35.5. The molecule has 9 heavy (non-hydrogen) atoms. The summed E-state index contributed by atoms with van der Waals surface area (Å²) < 4.78 is 0. The first-order chi connectivity index (χ1) is 4.20. The Morgan fingerprint density at radius 1 is 1.44 bits per heavy atom. The number of halogens is 2. The van der Waals surface area contributed by atoms with Crippen molar-refractivity contribution in [2.45, 2.75) is 0 Å². The van der Waals surface area contributed by atoms with Crippen molar-refractivity contribution in [3.63, 3.8) is 0 Å². The Bertz CT molecular complexity index is 222. The van der Waals surface area contributed by atoms with Gasteiger partial charge in [-0.1, -0.05) is 23.2 Å². The average Bonchev–Trinajstić information content (AvgIpc) is 1.80. The summed E-state index contributed by atoms with van der Waals surface area (Å²) >= 11 is 11.1. The van der Waals surface area contributed by atoms with Crippen LogP contribution < -0.4 is 5.73 Å². The van der Waals surface area contributed by atoms with Crippen molar-refractivity contribution < 1.29 is 0 Å². The molecule has 0 bridgehead atoms. The lowest BCUT2D eigenvalue weighted by Gasteiger charge is -1.94. The van der Waals surface area contributed by atoms with Crippen molar-refractivity contribution in [2.75, 3.05) is 5.73 Å². The Morgan fingerprint density at radius 3 is 2.56 bits per heavy atom. The summed E-state index contributed by atoms with van der Waals surface area (Å²) in [6.07, 6.45) is 0. The molecule has 0 heterocycles. The molecular formula is C6H4Cl2N. The van der Waals surface area contributed by atoms with Gasteiger partial charge in [0.1, 0.15) is 0 Å². The largest absolute Gasteiger partial charge is 0.397 e. The predicted octanol–water partition coefficient (Wildman–Crippen LogP) is 2.38. The number of hydrogen-bond donors (Lipinski definition) is 1. The van der Waals surface area contributed by atoms with E-state index in [1.807, 2.05) is 0 Å². The van der Waals surface area contributed by atoms with Gasteiger partial charge in [-0.25, -0.2) is 0 Å². The van der Waals surface area contributed by atoms with Crippen molar-refractivity contribution in [1.29, 1.82) is 0 Å². The highest BCUT2D eigenvalue weighted by Gasteiger charge is 1.94. The number of anilines is 1. The molecule has 1 aromatic rings. The molecule has 3 heteroatoms. The normalized spacial score (nSPS) is 9.56. The first kappa shape index (κ1) is 6.72. The summed E-state index contributed by atoms with van der Waals surface area (Å²) in [5, 5.41) is 0.997. The van der Waals surface area contributed by atoms with Gasteiger partial charge >= 0.3 is 0 Å². The molecule has 1 aromatic carbocycles. The minimum atomic E-state index is 0.432. The zero-order valence-electron chi connectivity index (χ0n) is 4.49. The minimum Gasteiger partial charge on any atom is -0.397 e. The van der Waals surface area contributed by atoms with E-state index in [-0.39, 0.29) is 0 Å². The predicted molar refractivity (Wildman–Crippen MR) is 39.7 cm³/mol. The van der Waals surface area contributed by atoms with Gasteiger partial charge in [-0.05, 0) is 12.1 Å². The van der Waals surface area contributed by atoms with E-state index >= 15 is 0 Å². The lowest BCUT2D eigenvalue weighted by molar-refractivity contribution is 1.67. The Balaban J connectivity index is 3.17. The molecule has 0 saturated heterocycles. The number of benzene rings is 1. The molecule has 1 radical (unpaired) electrons. The van der Waals surface area contributed by atoms with Crippen LogP contribution in [0, 0.1) is 6.07 Å². The maximum Gasteiger partial charge on any atom is 0.0656 e. The van der Waals surface area contributed by atoms with Gasteiger partial charge in [-0.2, -0.15) is 0 Å². The third-order valence-electron chi connectivity index (χ3n) is 0.887. The van der Waals surface area contributed by atoms with Crippen LogP contribution in [0.25, 0.3) is 0 Å². The molecule has 0 aliphatic carbocycles. The van der Waals surface area contributed by atoms with E-state index in [0.717, 1.165) is 0 Å². The Kier molecular flexibility index (Phi) is 1.84. The molecule has 1 nitrogen and oxygen atoms in total. The quantitative estimate of drug-likeness (QED) is 0.580. The third-order valence-corrected chi connectivity index (χ3v) is 1.42. The maximum atomic E-state index is 5.57. The van der Waals surface area contributed by atoms with Gasteiger partial charge in [-0.15, -0.1) is 0 Å². The van der Waals surface area contributed by atoms with Crippen LogP contribution in [0.5, 0.6) is 0 Å². The molecule has 0 unspecified atom stereocenters. The van der Waals surface area contributed by atoms with Gasteiger partial charge in [0.25, 0.3) is 0 Å². The number of nitrogen functional groups attached to an aromatic ring is 1.